The maximum atomic E-state index is 2.52. The van der Waals surface area contributed by atoms with E-state index >= 15 is 0 Å². The molecule has 9 aromatic carbocycles. The Kier molecular flexibility index (Phi) is 8.48. The second-order valence-corrected chi connectivity index (χ2v) is 16.0. The first kappa shape index (κ1) is 35.0. The van der Waals surface area contributed by atoms with Gasteiger partial charge in [0.25, 0.3) is 0 Å². The van der Waals surface area contributed by atoms with E-state index < -0.39 is 5.41 Å². The lowest BCUT2D eigenvalue weighted by molar-refractivity contribution is 0.610. The predicted octanol–water partition coefficient (Wildman–Crippen LogP) is 14.5. The molecule has 0 aliphatic heterocycles. The smallest absolute Gasteiger partial charge is 0.0714 e. The van der Waals surface area contributed by atoms with E-state index in [1.165, 1.54) is 66.8 Å². The zero-order valence-electron chi connectivity index (χ0n) is 32.9. The topological polar surface area (TPSA) is 3.24 Å². The minimum Gasteiger partial charge on any atom is -0.310 e. The SMILES string of the molecule is c1ccc(-c2ccccc2N(c2ccc3c(c2)C(c2ccccc2)(c2ccccc2)CC3)c2ccc3c(c2)C(c2ccccc2)(c2ccccc2)c2ccccc2-3)cc1. The Balaban J connectivity index is 1.20. The lowest BCUT2D eigenvalue weighted by atomic mass is 9.67. The highest BCUT2D eigenvalue weighted by Crippen LogP contribution is 2.58. The Morgan fingerprint density at radius 3 is 1.41 bits per heavy atom. The summed E-state index contributed by atoms with van der Waals surface area (Å²) in [6.45, 7) is 0. The van der Waals surface area contributed by atoms with Gasteiger partial charge in [-0.2, -0.15) is 0 Å². The second-order valence-electron chi connectivity index (χ2n) is 16.0. The number of nitrogens with zero attached hydrogens (tertiary/aromatic N) is 1. The summed E-state index contributed by atoms with van der Waals surface area (Å²) in [6, 6.07) is 87.8. The third-order valence-corrected chi connectivity index (χ3v) is 13.0. The highest BCUT2D eigenvalue weighted by molar-refractivity contribution is 5.92. The van der Waals surface area contributed by atoms with Crippen LogP contribution in [0.15, 0.2) is 237 Å². The summed E-state index contributed by atoms with van der Waals surface area (Å²) in [5.41, 5.74) is 18.2. The van der Waals surface area contributed by atoms with Crippen molar-refractivity contribution in [2.45, 2.75) is 23.7 Å². The number of rotatable bonds is 8. The van der Waals surface area contributed by atoms with E-state index in [9.17, 15) is 0 Å². The zero-order valence-corrected chi connectivity index (χ0v) is 32.9. The van der Waals surface area contributed by atoms with Crippen LogP contribution in [0.2, 0.25) is 0 Å². The molecule has 1 heteroatoms. The molecule has 0 saturated carbocycles. The van der Waals surface area contributed by atoms with Gasteiger partial charge in [0.1, 0.15) is 0 Å². The van der Waals surface area contributed by atoms with Crippen LogP contribution in [0.25, 0.3) is 22.3 Å². The number of hydrogen-bond acceptors (Lipinski definition) is 1. The molecule has 0 atom stereocenters. The highest BCUT2D eigenvalue weighted by Gasteiger charge is 2.47. The molecule has 2 aliphatic carbocycles. The van der Waals surface area contributed by atoms with Gasteiger partial charge in [0.05, 0.1) is 11.1 Å². The Hall–Kier alpha value is -7.22. The average molecular weight is 754 g/mol. The van der Waals surface area contributed by atoms with Crippen molar-refractivity contribution >= 4 is 17.1 Å². The predicted molar refractivity (Wildman–Crippen MR) is 245 cm³/mol. The summed E-state index contributed by atoms with van der Waals surface area (Å²) >= 11 is 0. The maximum absolute atomic E-state index is 2.52. The van der Waals surface area contributed by atoms with Gasteiger partial charge in [-0.05, 0) is 104 Å². The third-order valence-electron chi connectivity index (χ3n) is 13.0. The lowest BCUT2D eigenvalue weighted by Gasteiger charge is -2.36. The first-order chi connectivity index (χ1) is 29.3. The van der Waals surface area contributed by atoms with Gasteiger partial charge in [0.2, 0.25) is 0 Å². The van der Waals surface area contributed by atoms with Crippen LogP contribution in [0, 0.1) is 0 Å². The first-order valence-corrected chi connectivity index (χ1v) is 20.8. The Bertz CT molecular complexity index is 2840. The Morgan fingerprint density at radius 1 is 0.339 bits per heavy atom. The fraction of sp³-hybridized carbons (Fsp3) is 0.0690. The first-order valence-electron chi connectivity index (χ1n) is 20.8. The molecule has 0 saturated heterocycles. The zero-order chi connectivity index (χ0) is 39.2. The van der Waals surface area contributed by atoms with Crippen molar-refractivity contribution < 1.29 is 0 Å². The maximum Gasteiger partial charge on any atom is 0.0714 e. The number of fused-ring (bicyclic) bond motifs is 4. The number of para-hydroxylation sites is 1. The van der Waals surface area contributed by atoms with E-state index in [1.54, 1.807) is 0 Å². The van der Waals surface area contributed by atoms with E-state index in [2.05, 4.69) is 241 Å². The highest BCUT2D eigenvalue weighted by atomic mass is 15.1. The summed E-state index contributed by atoms with van der Waals surface area (Å²) in [4.78, 5) is 2.52. The van der Waals surface area contributed by atoms with Gasteiger partial charge in [-0.15, -0.1) is 0 Å². The molecule has 0 fully saturated rings. The number of anilines is 3. The summed E-state index contributed by atoms with van der Waals surface area (Å²) in [5.74, 6) is 0. The van der Waals surface area contributed by atoms with Crippen LogP contribution >= 0.6 is 0 Å². The molecule has 1 nitrogen and oxygen atoms in total. The van der Waals surface area contributed by atoms with Crippen LogP contribution in [-0.2, 0) is 17.3 Å². The normalized spacial score (nSPS) is 14.2. The van der Waals surface area contributed by atoms with E-state index in [4.69, 9.17) is 0 Å². The fourth-order valence-corrected chi connectivity index (χ4v) is 10.5. The molecule has 0 N–H and O–H groups in total. The molecule has 280 valence electrons. The molecule has 0 radical (unpaired) electrons. The van der Waals surface area contributed by atoms with Crippen LogP contribution in [-0.4, -0.2) is 0 Å². The minimum absolute atomic E-state index is 0.270. The van der Waals surface area contributed by atoms with Crippen LogP contribution < -0.4 is 4.90 Å². The van der Waals surface area contributed by atoms with Gasteiger partial charge < -0.3 is 4.90 Å². The molecular formula is C58H43N. The summed E-state index contributed by atoms with van der Waals surface area (Å²) in [5, 5.41) is 0. The summed E-state index contributed by atoms with van der Waals surface area (Å²) < 4.78 is 0. The van der Waals surface area contributed by atoms with E-state index in [0.717, 1.165) is 29.9 Å². The third kappa shape index (κ3) is 5.46. The molecule has 0 amide bonds. The molecule has 0 heterocycles. The molecule has 0 spiro atoms. The van der Waals surface area contributed by atoms with Gasteiger partial charge in [-0.25, -0.2) is 0 Å². The molecule has 0 aromatic heterocycles. The number of aryl methyl sites for hydroxylation is 1. The summed E-state index contributed by atoms with van der Waals surface area (Å²) in [7, 11) is 0. The van der Waals surface area contributed by atoms with Crippen LogP contribution in [0.1, 0.15) is 50.9 Å². The molecule has 11 rings (SSSR count). The minimum atomic E-state index is -0.511. The van der Waals surface area contributed by atoms with Gasteiger partial charge in [-0.3, -0.25) is 0 Å². The van der Waals surface area contributed by atoms with E-state index in [1.807, 2.05) is 0 Å². The van der Waals surface area contributed by atoms with Crippen molar-refractivity contribution in [2.24, 2.45) is 0 Å². The largest absolute Gasteiger partial charge is 0.310 e. The molecule has 0 bridgehead atoms. The number of benzene rings is 9. The van der Waals surface area contributed by atoms with Crippen LogP contribution in [0.4, 0.5) is 17.1 Å². The fourth-order valence-electron chi connectivity index (χ4n) is 10.5. The van der Waals surface area contributed by atoms with Gasteiger partial charge in [-0.1, -0.05) is 206 Å². The Labute approximate surface area is 347 Å². The molecule has 0 unspecified atom stereocenters. The van der Waals surface area contributed by atoms with E-state index in [0.29, 0.717) is 0 Å². The lowest BCUT2D eigenvalue weighted by Crippen LogP contribution is -2.28. The van der Waals surface area contributed by atoms with Crippen molar-refractivity contribution in [3.63, 3.8) is 0 Å². The summed E-state index contributed by atoms with van der Waals surface area (Å²) in [6.07, 6.45) is 2.04. The van der Waals surface area contributed by atoms with Crippen molar-refractivity contribution in [1.29, 1.82) is 0 Å². The van der Waals surface area contributed by atoms with Gasteiger partial charge in [0, 0.05) is 22.4 Å². The average Bonchev–Trinajstić information content (AvgIpc) is 3.85. The quantitative estimate of drug-likeness (QED) is 0.149. The van der Waals surface area contributed by atoms with E-state index in [-0.39, 0.29) is 5.41 Å². The van der Waals surface area contributed by atoms with Gasteiger partial charge >= 0.3 is 0 Å². The Morgan fingerprint density at radius 2 is 0.797 bits per heavy atom. The number of hydrogen-bond donors (Lipinski definition) is 0. The molecule has 2 aliphatic rings. The second kappa shape index (κ2) is 14.3. The van der Waals surface area contributed by atoms with Crippen molar-refractivity contribution in [2.75, 3.05) is 4.90 Å². The van der Waals surface area contributed by atoms with Crippen molar-refractivity contribution in [1.82, 2.24) is 0 Å². The monoisotopic (exact) mass is 753 g/mol. The molecular weight excluding hydrogens is 711 g/mol. The van der Waals surface area contributed by atoms with Gasteiger partial charge in [0.15, 0.2) is 0 Å². The van der Waals surface area contributed by atoms with Crippen LogP contribution in [0.3, 0.4) is 0 Å². The van der Waals surface area contributed by atoms with Crippen molar-refractivity contribution in [3.8, 4) is 22.3 Å². The standard InChI is InChI=1S/C58H43N/c1-6-20-42(21-7-1)50-30-17-19-33-56(50)59(48-35-34-43-38-39-57(54(43)40-48,44-22-8-2-9-23-44)45-24-10-3-11-25-45)49-36-37-52-51-31-16-18-32-53(51)58(55(52)41-49,46-26-12-4-13-27-46)47-28-14-5-15-29-47/h1-37,40-41H,38-39H2. The van der Waals surface area contributed by atoms with Crippen molar-refractivity contribution in [3.05, 3.63) is 281 Å². The molecule has 59 heavy (non-hydrogen) atoms. The molecule has 9 aromatic rings. The van der Waals surface area contributed by atoms with Crippen LogP contribution in [0.5, 0.6) is 0 Å².